The van der Waals surface area contributed by atoms with Crippen LogP contribution in [-0.4, -0.2) is 55.9 Å². The number of carbonyl (C=O) groups excluding carboxylic acids is 3. The number of hydrogen-bond donors (Lipinski definition) is 0. The SMILES string of the molecule is CN(C(=O)[C@@H]1[C@H](O[Si](C)(C)C(C)(C)C)CC(=O)N1C(=O)OC(C)(C)C)c1ccc(F)c(Cl)c1. The van der Waals surface area contributed by atoms with Gasteiger partial charge in [0.25, 0.3) is 5.91 Å². The number of benzene rings is 1. The number of likely N-dealkylation sites (N-methyl/N-ethyl adjacent to an activating group) is 1. The van der Waals surface area contributed by atoms with Crippen LogP contribution >= 0.6 is 11.6 Å². The van der Waals surface area contributed by atoms with Gasteiger partial charge in [0.05, 0.1) is 17.5 Å². The lowest BCUT2D eigenvalue weighted by Crippen LogP contribution is -2.55. The quantitative estimate of drug-likeness (QED) is 0.519. The zero-order chi connectivity index (χ0) is 25.5. The number of hydrogen-bond acceptors (Lipinski definition) is 5. The smallest absolute Gasteiger partial charge is 0.417 e. The second-order valence-electron chi connectivity index (χ2n) is 10.8. The van der Waals surface area contributed by atoms with Crippen molar-refractivity contribution in [2.45, 2.75) is 83.8 Å². The van der Waals surface area contributed by atoms with E-state index in [0.29, 0.717) is 5.69 Å². The van der Waals surface area contributed by atoms with Crippen LogP contribution in [0.3, 0.4) is 0 Å². The Hall–Kier alpha value is -1.97. The highest BCUT2D eigenvalue weighted by Crippen LogP contribution is 2.40. The fourth-order valence-corrected chi connectivity index (χ4v) is 4.68. The molecule has 1 aliphatic heterocycles. The molecule has 0 saturated carbocycles. The zero-order valence-electron chi connectivity index (χ0n) is 20.8. The molecule has 1 saturated heterocycles. The number of amides is 3. The molecule has 33 heavy (non-hydrogen) atoms. The monoisotopic (exact) mass is 500 g/mol. The first-order chi connectivity index (χ1) is 14.9. The molecule has 0 unspecified atom stereocenters. The van der Waals surface area contributed by atoms with Gasteiger partial charge in [0.2, 0.25) is 5.91 Å². The van der Waals surface area contributed by atoms with Crippen molar-refractivity contribution in [1.82, 2.24) is 4.90 Å². The molecular weight excluding hydrogens is 467 g/mol. The molecule has 0 aromatic heterocycles. The molecule has 1 heterocycles. The Bertz CT molecular complexity index is 942. The van der Waals surface area contributed by atoms with E-state index in [1.807, 2.05) is 33.9 Å². The standard InChI is InChI=1S/C23H34ClFN2O5Si/c1-22(2,3)31-21(30)27-18(28)13-17(32-33(8,9)23(4,5)6)19(27)20(29)26(7)14-10-11-16(25)15(24)12-14/h10-12,17,19H,13H2,1-9H3/t17-,19+/m1/s1. The van der Waals surface area contributed by atoms with Gasteiger partial charge in [-0.3, -0.25) is 9.59 Å². The summed E-state index contributed by atoms with van der Waals surface area (Å²) in [5.41, 5.74) is -0.541. The van der Waals surface area contributed by atoms with Crippen molar-refractivity contribution in [3.05, 3.63) is 29.0 Å². The lowest BCUT2D eigenvalue weighted by molar-refractivity contribution is -0.133. The number of rotatable bonds is 4. The second kappa shape index (κ2) is 9.35. The normalized spacial score (nSPS) is 19.6. The predicted molar refractivity (Wildman–Crippen MR) is 128 cm³/mol. The summed E-state index contributed by atoms with van der Waals surface area (Å²) in [6.07, 6.45) is -1.87. The number of halogens is 2. The number of anilines is 1. The summed E-state index contributed by atoms with van der Waals surface area (Å²) in [5, 5.41) is -0.327. The number of imide groups is 1. The van der Waals surface area contributed by atoms with Crippen molar-refractivity contribution in [3.63, 3.8) is 0 Å². The van der Waals surface area contributed by atoms with Crippen LogP contribution in [0.1, 0.15) is 48.0 Å². The Morgan fingerprint density at radius 2 is 1.76 bits per heavy atom. The summed E-state index contributed by atoms with van der Waals surface area (Å²) in [4.78, 5) is 41.6. The third-order valence-electron chi connectivity index (χ3n) is 5.99. The van der Waals surface area contributed by atoms with Crippen LogP contribution in [0, 0.1) is 5.82 Å². The van der Waals surface area contributed by atoms with Gasteiger partial charge in [0.1, 0.15) is 17.5 Å². The van der Waals surface area contributed by atoms with E-state index >= 15 is 0 Å². The fraction of sp³-hybridized carbons (Fsp3) is 0.609. The zero-order valence-corrected chi connectivity index (χ0v) is 22.5. The lowest BCUT2D eigenvalue weighted by atomic mass is 10.1. The molecule has 1 fully saturated rings. The molecule has 0 aliphatic carbocycles. The minimum atomic E-state index is -2.40. The Morgan fingerprint density at radius 3 is 2.24 bits per heavy atom. The highest BCUT2D eigenvalue weighted by Gasteiger charge is 2.53. The molecule has 1 aliphatic rings. The molecule has 1 aromatic carbocycles. The predicted octanol–water partition coefficient (Wildman–Crippen LogP) is 5.37. The molecule has 2 rings (SSSR count). The number of nitrogens with zero attached hydrogens (tertiary/aromatic N) is 2. The van der Waals surface area contributed by atoms with Crippen LogP contribution in [0.15, 0.2) is 18.2 Å². The molecule has 1 aromatic rings. The maximum Gasteiger partial charge on any atom is 0.417 e. The topological polar surface area (TPSA) is 76.2 Å². The lowest BCUT2D eigenvalue weighted by Gasteiger charge is -2.40. The number of ether oxygens (including phenoxy) is 1. The summed E-state index contributed by atoms with van der Waals surface area (Å²) >= 11 is 5.89. The summed E-state index contributed by atoms with van der Waals surface area (Å²) < 4.78 is 25.5. The molecule has 0 spiro atoms. The average molecular weight is 501 g/mol. The molecule has 7 nitrogen and oxygen atoms in total. The van der Waals surface area contributed by atoms with Crippen molar-refractivity contribution in [3.8, 4) is 0 Å². The van der Waals surface area contributed by atoms with E-state index in [9.17, 15) is 18.8 Å². The maximum atomic E-state index is 13.6. The van der Waals surface area contributed by atoms with Crippen LogP contribution in [0.4, 0.5) is 14.9 Å². The first kappa shape index (κ1) is 27.3. The molecule has 0 N–H and O–H groups in total. The van der Waals surface area contributed by atoms with Crippen LogP contribution in [0.2, 0.25) is 23.2 Å². The van der Waals surface area contributed by atoms with E-state index in [1.54, 1.807) is 20.8 Å². The van der Waals surface area contributed by atoms with Gasteiger partial charge >= 0.3 is 6.09 Å². The van der Waals surface area contributed by atoms with Gasteiger partial charge in [0, 0.05) is 12.7 Å². The van der Waals surface area contributed by atoms with Gasteiger partial charge in [-0.1, -0.05) is 32.4 Å². The highest BCUT2D eigenvalue weighted by atomic mass is 35.5. The van der Waals surface area contributed by atoms with Gasteiger partial charge in [-0.05, 0) is 57.1 Å². The summed E-state index contributed by atoms with van der Waals surface area (Å²) in [5.74, 6) is -1.72. The van der Waals surface area contributed by atoms with Crippen LogP contribution in [-0.2, 0) is 18.8 Å². The molecule has 2 atom stereocenters. The van der Waals surface area contributed by atoms with E-state index < -0.39 is 49.8 Å². The highest BCUT2D eigenvalue weighted by molar-refractivity contribution is 6.74. The van der Waals surface area contributed by atoms with Gasteiger partial charge in [-0.2, -0.15) is 0 Å². The Kier molecular flexibility index (Phi) is 7.72. The van der Waals surface area contributed by atoms with Crippen molar-refractivity contribution in [1.29, 1.82) is 0 Å². The molecule has 0 bridgehead atoms. The van der Waals surface area contributed by atoms with E-state index in [2.05, 4.69) is 0 Å². The van der Waals surface area contributed by atoms with E-state index in [0.717, 1.165) is 11.0 Å². The minimum absolute atomic E-state index is 0.125. The Labute approximate surface area is 201 Å². The second-order valence-corrected chi connectivity index (χ2v) is 16.0. The van der Waals surface area contributed by atoms with Crippen molar-refractivity contribution < 1.29 is 27.9 Å². The van der Waals surface area contributed by atoms with Gasteiger partial charge in [-0.15, -0.1) is 0 Å². The minimum Gasteiger partial charge on any atom is -0.443 e. The van der Waals surface area contributed by atoms with Gasteiger partial charge in [0.15, 0.2) is 8.32 Å². The van der Waals surface area contributed by atoms with Gasteiger partial charge in [-0.25, -0.2) is 14.1 Å². The van der Waals surface area contributed by atoms with E-state index in [1.165, 1.54) is 24.1 Å². The van der Waals surface area contributed by atoms with Crippen LogP contribution in [0.25, 0.3) is 0 Å². The Morgan fingerprint density at radius 1 is 1.18 bits per heavy atom. The van der Waals surface area contributed by atoms with Gasteiger partial charge < -0.3 is 14.1 Å². The summed E-state index contributed by atoms with van der Waals surface area (Å²) in [6, 6.07) is 2.64. The molecule has 0 radical (unpaired) electrons. The van der Waals surface area contributed by atoms with E-state index in [4.69, 9.17) is 20.8 Å². The maximum absolute atomic E-state index is 13.6. The number of carbonyl (C=O) groups is 3. The van der Waals surface area contributed by atoms with Crippen LogP contribution in [0.5, 0.6) is 0 Å². The summed E-state index contributed by atoms with van der Waals surface area (Å²) in [7, 11) is -0.924. The fourth-order valence-electron chi connectivity index (χ4n) is 3.18. The van der Waals surface area contributed by atoms with Crippen molar-refractivity contribution >= 4 is 43.5 Å². The van der Waals surface area contributed by atoms with E-state index in [-0.39, 0.29) is 16.5 Å². The van der Waals surface area contributed by atoms with Crippen LogP contribution < -0.4 is 4.90 Å². The molecule has 184 valence electrons. The number of likely N-dealkylation sites (tertiary alicyclic amines) is 1. The van der Waals surface area contributed by atoms with Crippen molar-refractivity contribution in [2.24, 2.45) is 0 Å². The third kappa shape index (κ3) is 6.13. The van der Waals surface area contributed by atoms with Crippen molar-refractivity contribution in [2.75, 3.05) is 11.9 Å². The Balaban J connectivity index is 2.48. The third-order valence-corrected chi connectivity index (χ3v) is 10.8. The molecular formula is C23H34ClFN2O5Si. The molecule has 10 heteroatoms. The summed E-state index contributed by atoms with van der Waals surface area (Å²) in [6.45, 7) is 15.2. The molecule has 3 amide bonds. The average Bonchev–Trinajstić information content (AvgIpc) is 2.95. The first-order valence-corrected chi connectivity index (χ1v) is 14.1. The first-order valence-electron chi connectivity index (χ1n) is 10.8. The largest absolute Gasteiger partial charge is 0.443 e.